The van der Waals surface area contributed by atoms with Gasteiger partial charge in [0.15, 0.2) is 5.13 Å². The van der Waals surface area contributed by atoms with Gasteiger partial charge in [0.2, 0.25) is 5.91 Å². The third kappa shape index (κ3) is 6.29. The zero-order valence-electron chi connectivity index (χ0n) is 22.7. The number of hydrogen-bond acceptors (Lipinski definition) is 8. The fraction of sp³-hybridized carbons (Fsp3) is 0.407. The topological polar surface area (TPSA) is 101 Å². The van der Waals surface area contributed by atoms with Crippen LogP contribution < -0.4 is 19.1 Å². The Balaban J connectivity index is 1.68. The highest BCUT2D eigenvalue weighted by molar-refractivity contribution is 7.93. The summed E-state index contributed by atoms with van der Waals surface area (Å²) >= 11 is 7.65. The molecule has 40 heavy (non-hydrogen) atoms. The van der Waals surface area contributed by atoms with Crippen molar-refractivity contribution in [2.24, 2.45) is 0 Å². The van der Waals surface area contributed by atoms with E-state index in [1.54, 1.807) is 35.5 Å². The molecule has 1 saturated carbocycles. The van der Waals surface area contributed by atoms with Gasteiger partial charge >= 0.3 is 0 Å². The van der Waals surface area contributed by atoms with Gasteiger partial charge in [-0.25, -0.2) is 22.1 Å². The van der Waals surface area contributed by atoms with Gasteiger partial charge < -0.3 is 19.7 Å². The number of amides is 1. The number of thiazole rings is 1. The fourth-order valence-electron chi connectivity index (χ4n) is 4.86. The predicted octanol–water partition coefficient (Wildman–Crippen LogP) is 5.55. The number of anilines is 2. The smallest absolute Gasteiger partial charge is 0.269 e. The molecule has 1 unspecified atom stereocenters. The third-order valence-corrected chi connectivity index (χ3v) is 10.1. The van der Waals surface area contributed by atoms with Crippen LogP contribution in [0.1, 0.15) is 38.2 Å². The average molecular weight is 611 g/mol. The highest BCUT2D eigenvalue weighted by Crippen LogP contribution is 2.36. The number of ether oxygens (including phenoxy) is 2. The van der Waals surface area contributed by atoms with Crippen molar-refractivity contribution in [3.63, 3.8) is 0 Å². The lowest BCUT2D eigenvalue weighted by atomic mass is 9.89. The fourth-order valence-corrected chi connectivity index (χ4v) is 7.49. The van der Waals surface area contributed by atoms with Gasteiger partial charge in [-0.2, -0.15) is 0 Å². The molecule has 4 rings (SSSR count). The number of sulfonamides is 1. The second-order valence-electron chi connectivity index (χ2n) is 9.50. The van der Waals surface area contributed by atoms with Gasteiger partial charge in [0.25, 0.3) is 10.0 Å². The Morgan fingerprint density at radius 3 is 2.60 bits per heavy atom. The van der Waals surface area contributed by atoms with Crippen molar-refractivity contribution in [3.05, 3.63) is 58.3 Å². The van der Waals surface area contributed by atoms with E-state index in [-0.39, 0.29) is 40.4 Å². The minimum Gasteiger partial charge on any atom is -0.497 e. The van der Waals surface area contributed by atoms with Gasteiger partial charge in [-0.15, -0.1) is 11.3 Å². The molecule has 1 amide bonds. The minimum atomic E-state index is -4.45. The van der Waals surface area contributed by atoms with Crippen LogP contribution in [0.5, 0.6) is 11.5 Å². The standard InChI is InChI=1S/C27H32ClFN4O5S2/c1-17(34)32(2)24-8-6-5-7-22(24)31-23-15-21(29)26(14-20(23)28)40(35,36)33(27-30-11-12-39-27)16-18-9-10-19(37-3)13-25(18)38-4/h9-15,22,24,31H,5-8,16H2,1-4H3/t22?,24-/m0/s1. The van der Waals surface area contributed by atoms with Crippen LogP contribution in [0.15, 0.2) is 46.8 Å². The zero-order valence-corrected chi connectivity index (χ0v) is 25.1. The van der Waals surface area contributed by atoms with Gasteiger partial charge in [-0.05, 0) is 37.1 Å². The van der Waals surface area contributed by atoms with Gasteiger partial charge in [-0.1, -0.05) is 24.4 Å². The number of nitrogens with one attached hydrogen (secondary N) is 1. The van der Waals surface area contributed by atoms with Crippen molar-refractivity contribution in [2.45, 2.75) is 56.1 Å². The molecule has 1 heterocycles. The molecule has 1 aliphatic rings. The molecule has 3 aromatic rings. The van der Waals surface area contributed by atoms with Crippen LogP contribution in [0.4, 0.5) is 15.2 Å². The lowest BCUT2D eigenvalue weighted by Gasteiger charge is -2.38. The predicted molar refractivity (Wildman–Crippen MR) is 155 cm³/mol. The number of methoxy groups -OCH3 is 2. The molecule has 216 valence electrons. The summed E-state index contributed by atoms with van der Waals surface area (Å²) in [6.07, 6.45) is 4.97. The van der Waals surface area contributed by atoms with E-state index < -0.39 is 20.7 Å². The maximum Gasteiger partial charge on any atom is 0.269 e. The number of benzene rings is 2. The maximum absolute atomic E-state index is 15.6. The van der Waals surface area contributed by atoms with Crippen molar-refractivity contribution in [1.29, 1.82) is 0 Å². The summed E-state index contributed by atoms with van der Waals surface area (Å²) in [6.45, 7) is 1.34. The lowest BCUT2D eigenvalue weighted by Crippen LogP contribution is -2.48. The summed E-state index contributed by atoms with van der Waals surface area (Å²) < 4.78 is 55.2. The first kappa shape index (κ1) is 29.9. The Bertz CT molecular complexity index is 1460. The Labute approximate surface area is 242 Å². The van der Waals surface area contributed by atoms with Crippen molar-refractivity contribution >= 4 is 49.7 Å². The molecule has 1 fully saturated rings. The van der Waals surface area contributed by atoms with E-state index >= 15 is 4.39 Å². The Morgan fingerprint density at radius 1 is 1.20 bits per heavy atom. The quantitative estimate of drug-likeness (QED) is 0.321. The minimum absolute atomic E-state index is 0.0518. The summed E-state index contributed by atoms with van der Waals surface area (Å²) in [5.74, 6) is -0.0674. The van der Waals surface area contributed by atoms with Crippen molar-refractivity contribution in [3.8, 4) is 11.5 Å². The number of carbonyl (C=O) groups excluding carboxylic acids is 1. The van der Waals surface area contributed by atoms with Crippen molar-refractivity contribution in [1.82, 2.24) is 9.88 Å². The second kappa shape index (κ2) is 12.6. The molecule has 1 N–H and O–H groups in total. The summed E-state index contributed by atoms with van der Waals surface area (Å²) in [7, 11) is 0.284. The number of nitrogens with zero attached hydrogens (tertiary/aromatic N) is 3. The first-order valence-corrected chi connectivity index (χ1v) is 15.4. The third-order valence-electron chi connectivity index (χ3n) is 7.09. The maximum atomic E-state index is 15.6. The molecule has 0 saturated heterocycles. The Hall–Kier alpha value is -3.09. The molecular weight excluding hydrogens is 579 g/mol. The van der Waals surface area contributed by atoms with E-state index in [0.29, 0.717) is 17.1 Å². The molecule has 0 spiro atoms. The summed E-state index contributed by atoms with van der Waals surface area (Å²) in [5.41, 5.74) is 0.800. The van der Waals surface area contributed by atoms with Crippen molar-refractivity contribution in [2.75, 3.05) is 30.9 Å². The highest BCUT2D eigenvalue weighted by atomic mass is 35.5. The van der Waals surface area contributed by atoms with Gasteiger partial charge in [0.1, 0.15) is 22.2 Å². The molecule has 2 aromatic carbocycles. The summed E-state index contributed by atoms with van der Waals surface area (Å²) in [5, 5.41) is 5.11. The molecule has 1 aromatic heterocycles. The SMILES string of the molecule is COc1ccc(CN(c2nccs2)S(=O)(=O)c2cc(Cl)c(NC3CCCC[C@@H]3N(C)C(C)=O)cc2F)c(OC)c1. The lowest BCUT2D eigenvalue weighted by molar-refractivity contribution is -0.130. The van der Waals surface area contributed by atoms with Crippen LogP contribution in [-0.2, 0) is 21.4 Å². The van der Waals surface area contributed by atoms with Crippen LogP contribution in [0.2, 0.25) is 5.02 Å². The van der Waals surface area contributed by atoms with Crippen molar-refractivity contribution < 1.29 is 27.1 Å². The summed E-state index contributed by atoms with van der Waals surface area (Å²) in [6, 6.07) is 6.98. The average Bonchev–Trinajstić information content (AvgIpc) is 3.47. The van der Waals surface area contributed by atoms with E-state index in [0.717, 1.165) is 53.5 Å². The molecule has 0 aliphatic heterocycles. The van der Waals surface area contributed by atoms with Gasteiger partial charge in [-0.3, -0.25) is 4.79 Å². The number of hydrogen-bond donors (Lipinski definition) is 1. The number of likely N-dealkylation sites (N-methyl/N-ethyl adjacent to an activating group) is 1. The normalized spacial score (nSPS) is 17.2. The van der Waals surface area contributed by atoms with E-state index in [1.165, 1.54) is 27.3 Å². The summed E-state index contributed by atoms with van der Waals surface area (Å²) in [4.78, 5) is 17.3. The highest BCUT2D eigenvalue weighted by Gasteiger charge is 2.33. The molecule has 1 aliphatic carbocycles. The largest absolute Gasteiger partial charge is 0.497 e. The van der Waals surface area contributed by atoms with E-state index in [1.807, 2.05) is 0 Å². The second-order valence-corrected chi connectivity index (χ2v) is 12.6. The van der Waals surface area contributed by atoms with Crippen LogP contribution in [0.3, 0.4) is 0 Å². The molecule has 2 atom stereocenters. The number of carbonyl (C=O) groups is 1. The number of aromatic nitrogens is 1. The van der Waals surface area contributed by atoms with Crippen LogP contribution in [-0.4, -0.2) is 57.6 Å². The molecule has 0 radical (unpaired) electrons. The number of halogens is 2. The first-order valence-electron chi connectivity index (χ1n) is 12.7. The molecule has 9 nitrogen and oxygen atoms in total. The van der Waals surface area contributed by atoms with Gasteiger partial charge in [0.05, 0.1) is 37.5 Å². The monoisotopic (exact) mass is 610 g/mol. The van der Waals surface area contributed by atoms with Crippen LogP contribution >= 0.6 is 22.9 Å². The first-order chi connectivity index (χ1) is 19.1. The molecule has 13 heteroatoms. The Morgan fingerprint density at radius 2 is 1.95 bits per heavy atom. The zero-order chi connectivity index (χ0) is 29.0. The van der Waals surface area contributed by atoms with Gasteiger partial charge in [0, 0.05) is 43.2 Å². The molecular formula is C27H32ClFN4O5S2. The molecule has 0 bridgehead atoms. The Kier molecular flexibility index (Phi) is 9.42. The van der Waals surface area contributed by atoms with Crippen LogP contribution in [0, 0.1) is 5.82 Å². The van der Waals surface area contributed by atoms with E-state index in [9.17, 15) is 13.2 Å². The number of rotatable bonds is 10. The van der Waals surface area contributed by atoms with E-state index in [2.05, 4.69) is 10.3 Å². The van der Waals surface area contributed by atoms with E-state index in [4.69, 9.17) is 21.1 Å². The van der Waals surface area contributed by atoms with Crippen LogP contribution in [0.25, 0.3) is 0 Å².